The van der Waals surface area contributed by atoms with Gasteiger partial charge in [0.05, 0.1) is 11.0 Å². The number of hydrogen-bond acceptors (Lipinski definition) is 3. The van der Waals surface area contributed by atoms with Gasteiger partial charge in [-0.25, -0.2) is 0 Å². The standard InChI is InChI=1S/C12H25N3OS/c1-4-6-7-14-12(16)10(3)15(8-5-2)9-11(13)17/h10H,4-9H2,1-3H3,(H2,13,17)(H,14,16). The van der Waals surface area contributed by atoms with E-state index < -0.39 is 0 Å². The lowest BCUT2D eigenvalue weighted by Crippen LogP contribution is -2.48. The molecule has 0 aromatic carbocycles. The monoisotopic (exact) mass is 259 g/mol. The molecule has 0 bridgehead atoms. The molecule has 0 aliphatic rings. The predicted octanol–water partition coefficient (Wildman–Crippen LogP) is 1.29. The Kier molecular flexibility index (Phi) is 8.99. The summed E-state index contributed by atoms with van der Waals surface area (Å²) in [5, 5.41) is 2.93. The first-order valence-electron chi connectivity index (χ1n) is 6.32. The fraction of sp³-hybridized carbons (Fsp3) is 0.833. The normalized spacial score (nSPS) is 12.5. The van der Waals surface area contributed by atoms with Crippen LogP contribution in [-0.4, -0.2) is 41.5 Å². The highest BCUT2D eigenvalue weighted by atomic mass is 32.1. The molecule has 0 aromatic rings. The number of thiocarbonyl (C=S) groups is 1. The number of nitrogens with one attached hydrogen (secondary N) is 1. The molecule has 3 N–H and O–H groups in total. The molecule has 1 amide bonds. The van der Waals surface area contributed by atoms with Crippen molar-refractivity contribution in [3.8, 4) is 0 Å². The van der Waals surface area contributed by atoms with E-state index in [9.17, 15) is 4.79 Å². The van der Waals surface area contributed by atoms with Gasteiger partial charge in [0, 0.05) is 13.1 Å². The molecular weight excluding hydrogens is 234 g/mol. The maximum absolute atomic E-state index is 11.9. The Balaban J connectivity index is 4.22. The van der Waals surface area contributed by atoms with Crippen LogP contribution in [0.15, 0.2) is 0 Å². The zero-order valence-electron chi connectivity index (χ0n) is 11.2. The highest BCUT2D eigenvalue weighted by Crippen LogP contribution is 2.01. The molecule has 0 saturated carbocycles. The van der Waals surface area contributed by atoms with Crippen LogP contribution in [0.25, 0.3) is 0 Å². The fourth-order valence-electron chi connectivity index (χ4n) is 1.60. The number of unbranched alkanes of at least 4 members (excludes halogenated alkanes) is 1. The van der Waals surface area contributed by atoms with Crippen LogP contribution in [0.3, 0.4) is 0 Å². The van der Waals surface area contributed by atoms with E-state index in [1.807, 2.05) is 11.8 Å². The first kappa shape index (κ1) is 16.3. The Labute approximate surface area is 110 Å². The molecule has 0 rings (SSSR count). The molecule has 0 radical (unpaired) electrons. The molecule has 1 unspecified atom stereocenters. The average molecular weight is 259 g/mol. The van der Waals surface area contributed by atoms with Crippen LogP contribution < -0.4 is 11.1 Å². The van der Waals surface area contributed by atoms with Gasteiger partial charge in [0.1, 0.15) is 0 Å². The number of nitrogens with two attached hydrogens (primary N) is 1. The second-order valence-corrected chi connectivity index (χ2v) is 4.78. The van der Waals surface area contributed by atoms with Crippen LogP contribution in [0.4, 0.5) is 0 Å². The van der Waals surface area contributed by atoms with Crippen LogP contribution in [0.1, 0.15) is 40.0 Å². The Bertz CT molecular complexity index is 246. The lowest BCUT2D eigenvalue weighted by Gasteiger charge is -2.27. The van der Waals surface area contributed by atoms with E-state index in [0.717, 1.165) is 32.4 Å². The Morgan fingerprint density at radius 2 is 2.06 bits per heavy atom. The molecule has 0 aliphatic carbocycles. The fourth-order valence-corrected chi connectivity index (χ4v) is 1.76. The van der Waals surface area contributed by atoms with Gasteiger partial charge in [-0.05, 0) is 26.3 Å². The average Bonchev–Trinajstić information content (AvgIpc) is 2.27. The Hall–Kier alpha value is -0.680. The first-order valence-corrected chi connectivity index (χ1v) is 6.73. The molecule has 0 aliphatic heterocycles. The maximum atomic E-state index is 11.9. The van der Waals surface area contributed by atoms with E-state index in [4.69, 9.17) is 18.0 Å². The van der Waals surface area contributed by atoms with Crippen molar-refractivity contribution < 1.29 is 4.79 Å². The lowest BCUT2D eigenvalue weighted by atomic mass is 10.2. The summed E-state index contributed by atoms with van der Waals surface area (Å²) in [6, 6.07) is -0.173. The Morgan fingerprint density at radius 1 is 1.41 bits per heavy atom. The molecule has 17 heavy (non-hydrogen) atoms. The molecule has 100 valence electrons. The maximum Gasteiger partial charge on any atom is 0.237 e. The van der Waals surface area contributed by atoms with Crippen LogP contribution in [0.2, 0.25) is 0 Å². The summed E-state index contributed by atoms with van der Waals surface area (Å²) < 4.78 is 0. The van der Waals surface area contributed by atoms with Crippen molar-refractivity contribution in [3.63, 3.8) is 0 Å². The zero-order valence-corrected chi connectivity index (χ0v) is 12.0. The zero-order chi connectivity index (χ0) is 13.3. The van der Waals surface area contributed by atoms with Crippen molar-refractivity contribution in [2.75, 3.05) is 19.6 Å². The number of rotatable bonds is 9. The summed E-state index contributed by atoms with van der Waals surface area (Å²) in [4.78, 5) is 14.3. The summed E-state index contributed by atoms with van der Waals surface area (Å²) >= 11 is 4.90. The predicted molar refractivity (Wildman–Crippen MR) is 76.0 cm³/mol. The lowest BCUT2D eigenvalue weighted by molar-refractivity contribution is -0.125. The van der Waals surface area contributed by atoms with Gasteiger partial charge in [-0.3, -0.25) is 9.69 Å². The third kappa shape index (κ3) is 7.28. The minimum absolute atomic E-state index is 0.0585. The summed E-state index contributed by atoms with van der Waals surface area (Å²) in [6.45, 7) is 8.16. The third-order valence-electron chi connectivity index (χ3n) is 2.63. The van der Waals surface area contributed by atoms with E-state index in [1.165, 1.54) is 0 Å². The van der Waals surface area contributed by atoms with Crippen LogP contribution >= 0.6 is 12.2 Å². The number of hydrogen-bond donors (Lipinski definition) is 2. The van der Waals surface area contributed by atoms with Gasteiger partial charge in [0.2, 0.25) is 5.91 Å². The van der Waals surface area contributed by atoms with Crippen molar-refractivity contribution in [3.05, 3.63) is 0 Å². The summed E-state index contributed by atoms with van der Waals surface area (Å²) in [5.41, 5.74) is 5.54. The summed E-state index contributed by atoms with van der Waals surface area (Å²) in [6.07, 6.45) is 3.08. The summed E-state index contributed by atoms with van der Waals surface area (Å²) in [5.74, 6) is 0.0585. The van der Waals surface area contributed by atoms with Crippen molar-refractivity contribution >= 4 is 23.1 Å². The molecule has 0 heterocycles. The van der Waals surface area contributed by atoms with E-state index in [-0.39, 0.29) is 11.9 Å². The van der Waals surface area contributed by atoms with Crippen molar-refractivity contribution in [2.45, 2.75) is 46.1 Å². The summed E-state index contributed by atoms with van der Waals surface area (Å²) in [7, 11) is 0. The van der Waals surface area contributed by atoms with Gasteiger partial charge in [-0.15, -0.1) is 0 Å². The molecule has 0 saturated heterocycles. The minimum atomic E-state index is -0.173. The molecular formula is C12H25N3OS. The topological polar surface area (TPSA) is 58.4 Å². The van der Waals surface area contributed by atoms with Gasteiger partial charge in [-0.2, -0.15) is 0 Å². The van der Waals surface area contributed by atoms with E-state index in [1.54, 1.807) is 0 Å². The van der Waals surface area contributed by atoms with Crippen LogP contribution in [0, 0.1) is 0 Å². The first-order chi connectivity index (χ1) is 8.02. The highest BCUT2D eigenvalue weighted by Gasteiger charge is 2.20. The van der Waals surface area contributed by atoms with Crippen molar-refractivity contribution in [2.24, 2.45) is 5.73 Å². The van der Waals surface area contributed by atoms with Gasteiger partial charge >= 0.3 is 0 Å². The molecule has 0 fully saturated rings. The van der Waals surface area contributed by atoms with E-state index >= 15 is 0 Å². The largest absolute Gasteiger partial charge is 0.392 e. The quantitative estimate of drug-likeness (QED) is 0.484. The third-order valence-corrected chi connectivity index (χ3v) is 2.76. The van der Waals surface area contributed by atoms with Crippen molar-refractivity contribution in [1.82, 2.24) is 10.2 Å². The molecule has 0 spiro atoms. The van der Waals surface area contributed by atoms with E-state index in [2.05, 4.69) is 19.2 Å². The highest BCUT2D eigenvalue weighted by molar-refractivity contribution is 7.80. The smallest absolute Gasteiger partial charge is 0.237 e. The van der Waals surface area contributed by atoms with Gasteiger partial charge in [0.25, 0.3) is 0 Å². The SMILES string of the molecule is CCCCNC(=O)C(C)N(CCC)CC(N)=S. The van der Waals surface area contributed by atoms with Crippen molar-refractivity contribution in [1.29, 1.82) is 0 Å². The van der Waals surface area contributed by atoms with Gasteiger partial charge < -0.3 is 11.1 Å². The molecule has 1 atom stereocenters. The number of carbonyl (C=O) groups is 1. The molecule has 4 nitrogen and oxygen atoms in total. The van der Waals surface area contributed by atoms with Gasteiger partial charge in [-0.1, -0.05) is 32.5 Å². The number of carbonyl (C=O) groups excluding carboxylic acids is 1. The van der Waals surface area contributed by atoms with Gasteiger partial charge in [0.15, 0.2) is 0 Å². The van der Waals surface area contributed by atoms with Crippen LogP contribution in [-0.2, 0) is 4.79 Å². The molecule has 5 heteroatoms. The van der Waals surface area contributed by atoms with Crippen LogP contribution in [0.5, 0.6) is 0 Å². The molecule has 0 aromatic heterocycles. The Morgan fingerprint density at radius 3 is 2.53 bits per heavy atom. The van der Waals surface area contributed by atoms with E-state index in [0.29, 0.717) is 11.5 Å². The number of nitrogens with zero attached hydrogens (tertiary/aromatic N) is 1. The minimum Gasteiger partial charge on any atom is -0.392 e. The second kappa shape index (κ2) is 9.36. The second-order valence-electron chi connectivity index (χ2n) is 4.26. The number of amides is 1.